The first kappa shape index (κ1) is 13.9. The smallest absolute Gasteiger partial charge is 0.161 e. The molecule has 1 aromatic carbocycles. The molecule has 0 aliphatic rings. The maximum Gasteiger partial charge on any atom is 0.161 e. The van der Waals surface area contributed by atoms with Crippen LogP contribution in [-0.4, -0.2) is 28.0 Å². The molecule has 0 radical (unpaired) electrons. The van der Waals surface area contributed by atoms with Crippen LogP contribution in [0.3, 0.4) is 0 Å². The van der Waals surface area contributed by atoms with Crippen molar-refractivity contribution in [2.24, 2.45) is 0 Å². The maximum absolute atomic E-state index is 13.1. The van der Waals surface area contributed by atoms with Gasteiger partial charge < -0.3 is 4.98 Å². The summed E-state index contributed by atoms with van der Waals surface area (Å²) in [5.41, 5.74) is 1.02. The van der Waals surface area contributed by atoms with Gasteiger partial charge in [0.1, 0.15) is 5.82 Å². The van der Waals surface area contributed by atoms with Crippen LogP contribution >= 0.6 is 0 Å². The maximum atomic E-state index is 13.1. The van der Waals surface area contributed by atoms with E-state index in [1.807, 2.05) is 0 Å². The van der Waals surface area contributed by atoms with Crippen LogP contribution in [0.1, 0.15) is 32.5 Å². The van der Waals surface area contributed by atoms with E-state index in [0.29, 0.717) is 17.6 Å². The van der Waals surface area contributed by atoms with Crippen molar-refractivity contribution in [3.8, 4) is 0 Å². The Hall–Kier alpha value is -1.49. The first-order valence-corrected chi connectivity index (χ1v) is 6.70. The van der Waals surface area contributed by atoms with Crippen LogP contribution < -0.4 is 0 Å². The fourth-order valence-electron chi connectivity index (χ4n) is 2.25. The summed E-state index contributed by atoms with van der Waals surface area (Å²) in [6, 6.07) is 2.29. The largest absolute Gasteiger partial charge is 0.341 e. The number of hydrogen-bond donors (Lipinski definition) is 1. The summed E-state index contributed by atoms with van der Waals surface area (Å²) in [6.07, 6.45) is 2.15. The monoisotopic (exact) mass is 267 g/mol. The summed E-state index contributed by atoms with van der Waals surface area (Å²) in [5, 5.41) is 0. The van der Waals surface area contributed by atoms with E-state index in [1.165, 1.54) is 0 Å². The van der Waals surface area contributed by atoms with E-state index in [0.717, 1.165) is 43.9 Å². The quantitative estimate of drug-likeness (QED) is 0.869. The SMILES string of the molecule is CCCN(CCC)Cc1nc2cc(F)c(F)cc2[nH]1. The third-order valence-corrected chi connectivity index (χ3v) is 3.03. The number of fused-ring (bicyclic) bond motifs is 1. The minimum atomic E-state index is -0.857. The molecule has 0 saturated carbocycles. The molecule has 104 valence electrons. The lowest BCUT2D eigenvalue weighted by molar-refractivity contribution is 0.261. The van der Waals surface area contributed by atoms with E-state index in [-0.39, 0.29) is 0 Å². The molecule has 0 unspecified atom stereocenters. The lowest BCUT2D eigenvalue weighted by Gasteiger charge is -2.19. The van der Waals surface area contributed by atoms with Gasteiger partial charge in [-0.05, 0) is 25.9 Å². The lowest BCUT2D eigenvalue weighted by Crippen LogP contribution is -2.25. The molecule has 0 amide bonds. The van der Waals surface area contributed by atoms with Crippen molar-refractivity contribution in [2.75, 3.05) is 13.1 Å². The minimum absolute atomic E-state index is 0.474. The molecule has 0 spiro atoms. The van der Waals surface area contributed by atoms with Crippen molar-refractivity contribution in [3.63, 3.8) is 0 Å². The topological polar surface area (TPSA) is 31.9 Å². The van der Waals surface area contributed by atoms with Gasteiger partial charge in [0.15, 0.2) is 11.6 Å². The van der Waals surface area contributed by atoms with Crippen LogP contribution in [0.25, 0.3) is 11.0 Å². The number of nitrogens with one attached hydrogen (secondary N) is 1. The summed E-state index contributed by atoms with van der Waals surface area (Å²) in [7, 11) is 0. The van der Waals surface area contributed by atoms with Crippen molar-refractivity contribution in [3.05, 3.63) is 29.6 Å². The Morgan fingerprint density at radius 1 is 1.11 bits per heavy atom. The number of benzene rings is 1. The molecule has 0 bridgehead atoms. The Labute approximate surface area is 111 Å². The summed E-state index contributed by atoms with van der Waals surface area (Å²) in [5.74, 6) is -0.951. The first-order chi connectivity index (χ1) is 9.13. The van der Waals surface area contributed by atoms with E-state index in [4.69, 9.17) is 0 Å². The second-order valence-electron chi connectivity index (χ2n) is 4.74. The van der Waals surface area contributed by atoms with Gasteiger partial charge in [-0.1, -0.05) is 13.8 Å². The summed E-state index contributed by atoms with van der Waals surface area (Å²) in [6.45, 7) is 6.93. The average Bonchev–Trinajstić information content (AvgIpc) is 2.72. The molecule has 0 aliphatic heterocycles. The highest BCUT2D eigenvalue weighted by molar-refractivity contribution is 5.75. The molecule has 0 aliphatic carbocycles. The third-order valence-electron chi connectivity index (χ3n) is 3.03. The first-order valence-electron chi connectivity index (χ1n) is 6.70. The number of hydrogen-bond acceptors (Lipinski definition) is 2. The molecule has 2 aromatic rings. The van der Waals surface area contributed by atoms with E-state index in [2.05, 4.69) is 28.7 Å². The van der Waals surface area contributed by atoms with Crippen LogP contribution in [0.15, 0.2) is 12.1 Å². The Kier molecular flexibility index (Phi) is 4.47. The van der Waals surface area contributed by atoms with Crippen molar-refractivity contribution in [1.29, 1.82) is 0 Å². The van der Waals surface area contributed by atoms with Gasteiger partial charge in [-0.2, -0.15) is 0 Å². The molecule has 1 N–H and O–H groups in total. The highest BCUT2D eigenvalue weighted by atomic mass is 19.2. The standard InChI is InChI=1S/C14H19F2N3/c1-3-5-19(6-4-2)9-14-17-12-7-10(15)11(16)8-13(12)18-14/h7-8H,3-6,9H2,1-2H3,(H,17,18). The normalized spacial score (nSPS) is 11.6. The number of rotatable bonds is 6. The Morgan fingerprint density at radius 3 is 2.37 bits per heavy atom. The second-order valence-corrected chi connectivity index (χ2v) is 4.74. The van der Waals surface area contributed by atoms with Crippen LogP contribution in [0.4, 0.5) is 8.78 Å². The molecule has 19 heavy (non-hydrogen) atoms. The summed E-state index contributed by atoms with van der Waals surface area (Å²) < 4.78 is 26.3. The van der Waals surface area contributed by atoms with Crippen LogP contribution in [0.5, 0.6) is 0 Å². The van der Waals surface area contributed by atoms with Gasteiger partial charge in [-0.3, -0.25) is 4.90 Å². The number of H-pyrrole nitrogens is 1. The van der Waals surface area contributed by atoms with Gasteiger partial charge >= 0.3 is 0 Å². The van der Waals surface area contributed by atoms with Crippen molar-refractivity contribution in [2.45, 2.75) is 33.2 Å². The van der Waals surface area contributed by atoms with Gasteiger partial charge in [0.05, 0.1) is 17.6 Å². The number of imidazole rings is 1. The van der Waals surface area contributed by atoms with Crippen LogP contribution in [-0.2, 0) is 6.54 Å². The van der Waals surface area contributed by atoms with Crippen molar-refractivity contribution in [1.82, 2.24) is 14.9 Å². The van der Waals surface area contributed by atoms with E-state index in [1.54, 1.807) is 0 Å². The van der Waals surface area contributed by atoms with Crippen molar-refractivity contribution < 1.29 is 8.78 Å². The zero-order valence-electron chi connectivity index (χ0n) is 11.3. The molecular formula is C14H19F2N3. The zero-order chi connectivity index (χ0) is 13.8. The Balaban J connectivity index is 2.20. The molecule has 2 rings (SSSR count). The van der Waals surface area contributed by atoms with E-state index >= 15 is 0 Å². The van der Waals surface area contributed by atoms with Gasteiger partial charge in [-0.25, -0.2) is 13.8 Å². The second kappa shape index (κ2) is 6.10. The highest BCUT2D eigenvalue weighted by Crippen LogP contribution is 2.17. The van der Waals surface area contributed by atoms with Gasteiger partial charge in [-0.15, -0.1) is 0 Å². The molecule has 0 saturated heterocycles. The molecule has 3 nitrogen and oxygen atoms in total. The molecule has 5 heteroatoms. The predicted octanol–water partition coefficient (Wildman–Crippen LogP) is 3.46. The molecule has 0 fully saturated rings. The van der Waals surface area contributed by atoms with Gasteiger partial charge in [0.2, 0.25) is 0 Å². The Morgan fingerprint density at radius 2 is 1.74 bits per heavy atom. The lowest BCUT2D eigenvalue weighted by atomic mass is 10.3. The van der Waals surface area contributed by atoms with E-state index < -0.39 is 11.6 Å². The molecule has 1 heterocycles. The third kappa shape index (κ3) is 3.29. The fourth-order valence-corrected chi connectivity index (χ4v) is 2.25. The zero-order valence-corrected chi connectivity index (χ0v) is 11.3. The average molecular weight is 267 g/mol. The Bertz CT molecular complexity index is 506. The van der Waals surface area contributed by atoms with E-state index in [9.17, 15) is 8.78 Å². The summed E-state index contributed by atoms with van der Waals surface area (Å²) >= 11 is 0. The molecule has 0 atom stereocenters. The number of aromatic nitrogens is 2. The molecule has 1 aromatic heterocycles. The fraction of sp³-hybridized carbons (Fsp3) is 0.500. The van der Waals surface area contributed by atoms with Crippen molar-refractivity contribution >= 4 is 11.0 Å². The van der Waals surface area contributed by atoms with Gasteiger partial charge in [0, 0.05) is 12.1 Å². The highest BCUT2D eigenvalue weighted by Gasteiger charge is 2.11. The number of halogens is 2. The van der Waals surface area contributed by atoms with Crippen LogP contribution in [0, 0.1) is 11.6 Å². The number of aromatic amines is 1. The summed E-state index contributed by atoms with van der Waals surface area (Å²) in [4.78, 5) is 9.65. The minimum Gasteiger partial charge on any atom is -0.341 e. The number of nitrogens with zero attached hydrogens (tertiary/aromatic N) is 2. The van der Waals surface area contributed by atoms with Gasteiger partial charge in [0.25, 0.3) is 0 Å². The predicted molar refractivity (Wildman–Crippen MR) is 71.9 cm³/mol. The molecular weight excluding hydrogens is 248 g/mol. The van der Waals surface area contributed by atoms with Crippen LogP contribution in [0.2, 0.25) is 0 Å².